The highest BCUT2D eigenvalue weighted by Crippen LogP contribution is 2.23. The topological polar surface area (TPSA) is 42.3 Å². The molecule has 0 radical (unpaired) electrons. The van der Waals surface area contributed by atoms with E-state index in [4.69, 9.17) is 17.0 Å². The van der Waals surface area contributed by atoms with Crippen molar-refractivity contribution in [1.29, 1.82) is 0 Å². The molecule has 0 amide bonds. The molecule has 2 heterocycles. The molecule has 0 spiro atoms. The molecule has 4 nitrogen and oxygen atoms in total. The van der Waals surface area contributed by atoms with Gasteiger partial charge in [0.2, 0.25) is 0 Å². The normalized spacial score (nSPS) is 10.9. The molecule has 1 aromatic carbocycles. The number of fused-ring (bicyclic) bond motifs is 1. The van der Waals surface area contributed by atoms with Crippen LogP contribution in [0.3, 0.4) is 0 Å². The monoisotopic (exact) mass is 285 g/mol. The molecule has 5 heteroatoms. The summed E-state index contributed by atoms with van der Waals surface area (Å²) in [4.78, 5) is 4.58. The number of aromatic amines is 1. The molecule has 0 aliphatic rings. The van der Waals surface area contributed by atoms with E-state index < -0.39 is 0 Å². The molecule has 0 bridgehead atoms. The van der Waals surface area contributed by atoms with E-state index in [1.54, 1.807) is 7.11 Å². The number of hydrogen-bond donors (Lipinski definition) is 1. The summed E-state index contributed by atoms with van der Waals surface area (Å²) < 4.78 is 7.81. The number of aromatic nitrogens is 3. The van der Waals surface area contributed by atoms with Crippen LogP contribution in [0.2, 0.25) is 0 Å². The highest BCUT2D eigenvalue weighted by molar-refractivity contribution is 7.71. The van der Waals surface area contributed by atoms with E-state index in [-0.39, 0.29) is 0 Å². The van der Waals surface area contributed by atoms with Crippen molar-refractivity contribution in [3.8, 4) is 17.0 Å². The van der Waals surface area contributed by atoms with Crippen molar-refractivity contribution in [2.24, 2.45) is 0 Å². The minimum Gasteiger partial charge on any atom is -0.497 e. The maximum atomic E-state index is 5.39. The van der Waals surface area contributed by atoms with Gasteiger partial charge in [0.05, 0.1) is 12.8 Å². The maximum Gasteiger partial charge on any atom is 0.155 e. The van der Waals surface area contributed by atoms with Gasteiger partial charge in [-0.05, 0) is 24.6 Å². The zero-order valence-electron chi connectivity index (χ0n) is 11.4. The third kappa shape index (κ3) is 2.20. The Balaban J connectivity index is 2.17. The molecule has 0 unspecified atom stereocenters. The van der Waals surface area contributed by atoms with E-state index in [0.29, 0.717) is 0 Å². The van der Waals surface area contributed by atoms with Crippen molar-refractivity contribution in [1.82, 2.24) is 14.6 Å². The van der Waals surface area contributed by atoms with Crippen LogP contribution in [-0.2, 0) is 6.42 Å². The molecule has 3 rings (SSSR count). The van der Waals surface area contributed by atoms with Gasteiger partial charge in [-0.2, -0.15) is 0 Å². The van der Waals surface area contributed by atoms with Gasteiger partial charge in [0, 0.05) is 17.3 Å². The fraction of sp³-hybridized carbons (Fsp3) is 0.200. The third-order valence-corrected chi connectivity index (χ3v) is 3.55. The Morgan fingerprint density at radius 1 is 1.30 bits per heavy atom. The molecule has 0 atom stereocenters. The molecule has 0 aliphatic carbocycles. The standard InChI is InChI=1S/C15H15N3OS/c1-3-11-8-15(20)18-14(16-11)9-13(17-18)10-5-4-6-12(7-10)19-2/h4-9,17H,3H2,1-2H3. The quantitative estimate of drug-likeness (QED) is 0.747. The lowest BCUT2D eigenvalue weighted by Crippen LogP contribution is -1.95. The number of methoxy groups -OCH3 is 1. The van der Waals surface area contributed by atoms with Crippen molar-refractivity contribution >= 4 is 17.9 Å². The second-order valence-corrected chi connectivity index (χ2v) is 4.95. The number of rotatable bonds is 3. The van der Waals surface area contributed by atoms with E-state index in [1.807, 2.05) is 40.9 Å². The first-order valence-corrected chi connectivity index (χ1v) is 6.88. The summed E-state index contributed by atoms with van der Waals surface area (Å²) in [6, 6.07) is 11.8. The van der Waals surface area contributed by atoms with Crippen LogP contribution < -0.4 is 4.74 Å². The van der Waals surface area contributed by atoms with Crippen LogP contribution in [0.1, 0.15) is 12.6 Å². The first-order chi connectivity index (χ1) is 9.71. The first-order valence-electron chi connectivity index (χ1n) is 6.47. The van der Waals surface area contributed by atoms with Gasteiger partial charge in [0.1, 0.15) is 10.4 Å². The van der Waals surface area contributed by atoms with Gasteiger partial charge in [0.25, 0.3) is 0 Å². The van der Waals surface area contributed by atoms with Crippen LogP contribution in [-0.4, -0.2) is 21.7 Å². The van der Waals surface area contributed by atoms with Crippen molar-refractivity contribution in [3.63, 3.8) is 0 Å². The molecular weight excluding hydrogens is 270 g/mol. The van der Waals surface area contributed by atoms with Gasteiger partial charge in [-0.3, -0.25) is 5.10 Å². The van der Waals surface area contributed by atoms with Gasteiger partial charge < -0.3 is 4.74 Å². The second-order valence-electron chi connectivity index (χ2n) is 4.53. The molecule has 0 saturated carbocycles. The number of ether oxygens (including phenoxy) is 1. The molecule has 102 valence electrons. The molecule has 0 aliphatic heterocycles. The number of nitrogens with zero attached hydrogens (tertiary/aromatic N) is 2. The molecule has 20 heavy (non-hydrogen) atoms. The van der Waals surface area contributed by atoms with Crippen molar-refractivity contribution in [2.45, 2.75) is 13.3 Å². The fourth-order valence-electron chi connectivity index (χ4n) is 2.16. The largest absolute Gasteiger partial charge is 0.497 e. The Kier molecular flexibility index (Phi) is 3.28. The van der Waals surface area contributed by atoms with Crippen LogP contribution in [0.5, 0.6) is 5.75 Å². The number of H-pyrrole nitrogens is 1. The smallest absolute Gasteiger partial charge is 0.155 e. The van der Waals surface area contributed by atoms with E-state index in [9.17, 15) is 0 Å². The fourth-order valence-corrected chi connectivity index (χ4v) is 2.44. The molecule has 0 saturated heterocycles. The molecule has 1 N–H and O–H groups in total. The summed E-state index contributed by atoms with van der Waals surface area (Å²) in [6.45, 7) is 2.07. The molecule has 0 fully saturated rings. The summed E-state index contributed by atoms with van der Waals surface area (Å²) in [5, 5.41) is 3.28. The van der Waals surface area contributed by atoms with Crippen LogP contribution in [0.25, 0.3) is 16.9 Å². The average molecular weight is 285 g/mol. The number of benzene rings is 1. The zero-order chi connectivity index (χ0) is 14.1. The maximum absolute atomic E-state index is 5.39. The molecular formula is C15H15N3OS. The van der Waals surface area contributed by atoms with Crippen molar-refractivity contribution < 1.29 is 4.74 Å². The first kappa shape index (κ1) is 12.9. The lowest BCUT2D eigenvalue weighted by Gasteiger charge is -2.01. The summed E-state index contributed by atoms with van der Waals surface area (Å²) in [5.41, 5.74) is 3.86. The number of aryl methyl sites for hydroxylation is 1. The Labute approximate surface area is 122 Å². The third-order valence-electron chi connectivity index (χ3n) is 3.25. The second kappa shape index (κ2) is 5.09. The van der Waals surface area contributed by atoms with Gasteiger partial charge >= 0.3 is 0 Å². The molecule has 2 aromatic heterocycles. The van der Waals surface area contributed by atoms with E-state index in [1.165, 1.54) is 0 Å². The van der Waals surface area contributed by atoms with Gasteiger partial charge in [0.15, 0.2) is 5.65 Å². The van der Waals surface area contributed by atoms with Gasteiger partial charge in [-0.25, -0.2) is 9.50 Å². The van der Waals surface area contributed by atoms with Gasteiger partial charge in [-0.15, -0.1) is 0 Å². The van der Waals surface area contributed by atoms with Crippen LogP contribution in [0.15, 0.2) is 36.4 Å². The van der Waals surface area contributed by atoms with E-state index in [2.05, 4.69) is 17.0 Å². The van der Waals surface area contributed by atoms with E-state index in [0.717, 1.165) is 39.4 Å². The number of nitrogens with one attached hydrogen (secondary N) is 1. The minimum absolute atomic E-state index is 0.737. The predicted molar refractivity (Wildman–Crippen MR) is 81.7 cm³/mol. The zero-order valence-corrected chi connectivity index (χ0v) is 12.2. The Morgan fingerprint density at radius 3 is 2.90 bits per heavy atom. The van der Waals surface area contributed by atoms with Crippen LogP contribution in [0.4, 0.5) is 0 Å². The van der Waals surface area contributed by atoms with E-state index >= 15 is 0 Å². The highest BCUT2D eigenvalue weighted by atomic mass is 32.1. The number of hydrogen-bond acceptors (Lipinski definition) is 3. The van der Waals surface area contributed by atoms with Crippen molar-refractivity contribution in [2.75, 3.05) is 7.11 Å². The lowest BCUT2D eigenvalue weighted by molar-refractivity contribution is 0.415. The Bertz CT molecular complexity index is 819. The average Bonchev–Trinajstić information content (AvgIpc) is 2.92. The summed E-state index contributed by atoms with van der Waals surface area (Å²) in [5.74, 6) is 0.826. The Hall–Kier alpha value is -2.14. The molecule has 3 aromatic rings. The van der Waals surface area contributed by atoms with Gasteiger partial charge in [-0.1, -0.05) is 31.3 Å². The van der Waals surface area contributed by atoms with Crippen molar-refractivity contribution in [3.05, 3.63) is 46.7 Å². The summed E-state index contributed by atoms with van der Waals surface area (Å²) in [6.07, 6.45) is 0.875. The SMILES string of the molecule is CCc1cc(=S)n2[nH]c(-c3cccc(OC)c3)cc2n1. The summed E-state index contributed by atoms with van der Waals surface area (Å²) >= 11 is 5.39. The van der Waals surface area contributed by atoms with Crippen LogP contribution in [0, 0.1) is 4.64 Å². The van der Waals surface area contributed by atoms with Crippen LogP contribution >= 0.6 is 12.2 Å². The predicted octanol–water partition coefficient (Wildman–Crippen LogP) is 3.63. The lowest BCUT2D eigenvalue weighted by atomic mass is 10.1. The minimum atomic E-state index is 0.737. The highest BCUT2D eigenvalue weighted by Gasteiger charge is 2.06. The summed E-state index contributed by atoms with van der Waals surface area (Å²) in [7, 11) is 1.66. The Morgan fingerprint density at radius 2 is 2.15 bits per heavy atom.